The first-order valence-corrected chi connectivity index (χ1v) is 7.81. The number of fused-ring (bicyclic) bond motifs is 1. The Morgan fingerprint density at radius 1 is 1.24 bits per heavy atom. The second-order valence-corrected chi connectivity index (χ2v) is 5.80. The van der Waals surface area contributed by atoms with Crippen molar-refractivity contribution in [2.75, 3.05) is 6.54 Å². The van der Waals surface area contributed by atoms with E-state index in [-0.39, 0.29) is 11.6 Å². The molecular formula is C17H25N3O. The Labute approximate surface area is 126 Å². The first-order valence-electron chi connectivity index (χ1n) is 7.81. The molecule has 0 fully saturated rings. The molecule has 0 radical (unpaired) electrons. The first kappa shape index (κ1) is 15.7. The summed E-state index contributed by atoms with van der Waals surface area (Å²) in [6.45, 7) is 10.0. The smallest absolute Gasteiger partial charge is 0.261 e. The van der Waals surface area contributed by atoms with Crippen LogP contribution in [0.4, 0.5) is 0 Å². The van der Waals surface area contributed by atoms with Crippen LogP contribution in [-0.2, 0) is 6.54 Å². The Morgan fingerprint density at radius 2 is 1.95 bits per heavy atom. The molecule has 1 aromatic heterocycles. The fraction of sp³-hybridized carbons (Fsp3) is 0.529. The lowest BCUT2D eigenvalue weighted by molar-refractivity contribution is 0.430. The number of benzene rings is 1. The van der Waals surface area contributed by atoms with Gasteiger partial charge in [0, 0.05) is 6.54 Å². The van der Waals surface area contributed by atoms with Crippen molar-refractivity contribution in [3.63, 3.8) is 0 Å². The van der Waals surface area contributed by atoms with Gasteiger partial charge in [-0.25, -0.2) is 4.98 Å². The summed E-state index contributed by atoms with van der Waals surface area (Å²) < 4.78 is 1.80. The van der Waals surface area contributed by atoms with Crippen LogP contribution in [0.15, 0.2) is 29.1 Å². The Hall–Kier alpha value is -1.68. The maximum absolute atomic E-state index is 12.6. The Bertz CT molecular complexity index is 661. The summed E-state index contributed by atoms with van der Waals surface area (Å²) >= 11 is 0. The highest BCUT2D eigenvalue weighted by molar-refractivity contribution is 5.77. The van der Waals surface area contributed by atoms with Crippen LogP contribution >= 0.6 is 0 Å². The Kier molecular flexibility index (Phi) is 5.12. The monoisotopic (exact) mass is 287 g/mol. The molecule has 1 N–H and O–H groups in total. The lowest BCUT2D eigenvalue weighted by atomic mass is 10.1. The third kappa shape index (κ3) is 3.32. The average molecular weight is 287 g/mol. The highest BCUT2D eigenvalue weighted by Crippen LogP contribution is 2.17. The predicted octanol–water partition coefficient (Wildman–Crippen LogP) is 3.11. The van der Waals surface area contributed by atoms with E-state index in [1.54, 1.807) is 4.57 Å². The Balaban J connectivity index is 2.53. The zero-order valence-electron chi connectivity index (χ0n) is 13.4. The number of nitrogens with zero attached hydrogens (tertiary/aromatic N) is 2. The minimum absolute atomic E-state index is 0.0582. The van der Waals surface area contributed by atoms with E-state index >= 15 is 0 Å². The number of para-hydroxylation sites is 1. The quantitative estimate of drug-likeness (QED) is 0.888. The van der Waals surface area contributed by atoms with Gasteiger partial charge in [0.15, 0.2) is 0 Å². The first-order chi connectivity index (χ1) is 10.1. The molecule has 0 spiro atoms. The van der Waals surface area contributed by atoms with Crippen molar-refractivity contribution in [2.45, 2.75) is 46.7 Å². The summed E-state index contributed by atoms with van der Waals surface area (Å²) in [5.41, 5.74) is 0.842. The predicted molar refractivity (Wildman–Crippen MR) is 87.5 cm³/mol. The van der Waals surface area contributed by atoms with Crippen LogP contribution in [0.2, 0.25) is 0 Å². The van der Waals surface area contributed by atoms with Crippen LogP contribution in [-0.4, -0.2) is 16.1 Å². The molecule has 4 nitrogen and oxygen atoms in total. The van der Waals surface area contributed by atoms with E-state index in [2.05, 4.69) is 26.1 Å². The molecule has 114 valence electrons. The minimum Gasteiger partial charge on any atom is -0.307 e. The SMILES string of the molecule is CCC(NCC(C)C)c1nc2ccccc2c(=O)n1CC. The van der Waals surface area contributed by atoms with Crippen molar-refractivity contribution < 1.29 is 0 Å². The molecule has 21 heavy (non-hydrogen) atoms. The molecule has 0 aliphatic heterocycles. The molecule has 0 amide bonds. The van der Waals surface area contributed by atoms with Crippen molar-refractivity contribution in [1.82, 2.24) is 14.9 Å². The third-order valence-corrected chi connectivity index (χ3v) is 3.70. The molecular weight excluding hydrogens is 262 g/mol. The van der Waals surface area contributed by atoms with E-state index in [0.717, 1.165) is 24.3 Å². The van der Waals surface area contributed by atoms with Crippen molar-refractivity contribution in [3.05, 3.63) is 40.4 Å². The fourth-order valence-electron chi connectivity index (χ4n) is 2.55. The average Bonchev–Trinajstić information content (AvgIpc) is 2.48. The molecule has 1 atom stereocenters. The topological polar surface area (TPSA) is 46.9 Å². The number of rotatable bonds is 6. The molecule has 0 saturated carbocycles. The van der Waals surface area contributed by atoms with Gasteiger partial charge < -0.3 is 5.32 Å². The van der Waals surface area contributed by atoms with Gasteiger partial charge in [-0.05, 0) is 37.9 Å². The van der Waals surface area contributed by atoms with Gasteiger partial charge in [0.25, 0.3) is 5.56 Å². The second kappa shape index (κ2) is 6.85. The summed E-state index contributed by atoms with van der Waals surface area (Å²) in [6, 6.07) is 7.69. The van der Waals surface area contributed by atoms with Crippen LogP contribution in [0.1, 0.15) is 46.0 Å². The molecule has 1 unspecified atom stereocenters. The van der Waals surface area contributed by atoms with Crippen LogP contribution < -0.4 is 10.9 Å². The summed E-state index contributed by atoms with van der Waals surface area (Å²) in [5, 5.41) is 4.23. The zero-order valence-corrected chi connectivity index (χ0v) is 13.4. The van der Waals surface area contributed by atoms with Gasteiger partial charge in [0.2, 0.25) is 0 Å². The lowest BCUT2D eigenvalue weighted by Gasteiger charge is -2.21. The van der Waals surface area contributed by atoms with E-state index in [9.17, 15) is 4.79 Å². The molecule has 0 aliphatic rings. The van der Waals surface area contributed by atoms with Gasteiger partial charge in [-0.3, -0.25) is 9.36 Å². The zero-order chi connectivity index (χ0) is 15.4. The van der Waals surface area contributed by atoms with Crippen LogP contribution in [0.25, 0.3) is 10.9 Å². The van der Waals surface area contributed by atoms with Crippen LogP contribution in [0.5, 0.6) is 0 Å². The summed E-state index contributed by atoms with van der Waals surface area (Å²) in [6.07, 6.45) is 0.914. The highest BCUT2D eigenvalue weighted by atomic mass is 16.1. The van der Waals surface area contributed by atoms with Crippen LogP contribution in [0, 0.1) is 5.92 Å². The lowest BCUT2D eigenvalue weighted by Crippen LogP contribution is -2.33. The van der Waals surface area contributed by atoms with Crippen molar-refractivity contribution in [2.24, 2.45) is 5.92 Å². The Morgan fingerprint density at radius 3 is 2.57 bits per heavy atom. The molecule has 0 bridgehead atoms. The van der Waals surface area contributed by atoms with E-state index < -0.39 is 0 Å². The second-order valence-electron chi connectivity index (χ2n) is 5.80. The van der Waals surface area contributed by atoms with Gasteiger partial charge in [0.1, 0.15) is 5.82 Å². The van der Waals surface area contributed by atoms with E-state index in [1.807, 2.05) is 31.2 Å². The van der Waals surface area contributed by atoms with Gasteiger partial charge in [-0.2, -0.15) is 0 Å². The number of hydrogen-bond acceptors (Lipinski definition) is 3. The van der Waals surface area contributed by atoms with E-state index in [1.165, 1.54) is 0 Å². The van der Waals surface area contributed by atoms with Gasteiger partial charge in [-0.15, -0.1) is 0 Å². The molecule has 4 heteroatoms. The number of hydrogen-bond donors (Lipinski definition) is 1. The molecule has 2 rings (SSSR count). The molecule has 2 aromatic rings. The van der Waals surface area contributed by atoms with E-state index in [4.69, 9.17) is 4.98 Å². The number of nitrogens with one attached hydrogen (secondary N) is 1. The maximum atomic E-state index is 12.6. The standard InChI is InChI=1S/C17H25N3O/c1-5-14(18-11-12(3)4)16-19-15-10-8-7-9-13(15)17(21)20(16)6-2/h7-10,12,14,18H,5-6,11H2,1-4H3. The number of aromatic nitrogens is 2. The molecule has 1 heterocycles. The largest absolute Gasteiger partial charge is 0.307 e. The summed E-state index contributed by atoms with van der Waals surface area (Å²) in [4.78, 5) is 17.4. The van der Waals surface area contributed by atoms with Crippen molar-refractivity contribution in [1.29, 1.82) is 0 Å². The van der Waals surface area contributed by atoms with Gasteiger partial charge >= 0.3 is 0 Å². The van der Waals surface area contributed by atoms with Crippen LogP contribution in [0.3, 0.4) is 0 Å². The maximum Gasteiger partial charge on any atom is 0.261 e. The third-order valence-electron chi connectivity index (χ3n) is 3.70. The van der Waals surface area contributed by atoms with Gasteiger partial charge in [0.05, 0.1) is 16.9 Å². The fourth-order valence-corrected chi connectivity index (χ4v) is 2.55. The highest BCUT2D eigenvalue weighted by Gasteiger charge is 2.17. The summed E-state index contributed by atoms with van der Waals surface area (Å²) in [5.74, 6) is 1.42. The molecule has 0 aliphatic carbocycles. The summed E-state index contributed by atoms with van der Waals surface area (Å²) in [7, 11) is 0. The molecule has 1 aromatic carbocycles. The van der Waals surface area contributed by atoms with Gasteiger partial charge in [-0.1, -0.05) is 32.9 Å². The van der Waals surface area contributed by atoms with E-state index in [0.29, 0.717) is 17.8 Å². The van der Waals surface area contributed by atoms with Crippen molar-refractivity contribution in [3.8, 4) is 0 Å². The normalized spacial score (nSPS) is 13.0. The molecule has 0 saturated heterocycles. The minimum atomic E-state index is 0.0582. The van der Waals surface area contributed by atoms with Crippen molar-refractivity contribution >= 4 is 10.9 Å².